The van der Waals surface area contributed by atoms with Crippen molar-refractivity contribution in [3.8, 4) is 5.75 Å². The Balaban J connectivity index is 1.02. The van der Waals surface area contributed by atoms with Crippen LogP contribution in [-0.2, 0) is 16.0 Å². The monoisotopic (exact) mass is 633 g/mol. The van der Waals surface area contributed by atoms with Crippen LogP contribution >= 0.6 is 11.6 Å². The smallest absolute Gasteiger partial charge is 0.303 e. The van der Waals surface area contributed by atoms with Gasteiger partial charge in [0.2, 0.25) is 5.91 Å². The lowest BCUT2D eigenvalue weighted by atomic mass is 10.0. The van der Waals surface area contributed by atoms with Crippen LogP contribution in [0.5, 0.6) is 5.75 Å². The van der Waals surface area contributed by atoms with Gasteiger partial charge in [-0.3, -0.25) is 14.4 Å². The Morgan fingerprint density at radius 2 is 1.57 bits per heavy atom. The molecule has 3 aliphatic heterocycles. The molecule has 4 rings (SSSR count). The molecule has 0 radical (unpaired) electrons. The van der Waals surface area contributed by atoms with Gasteiger partial charge in [0.15, 0.2) is 0 Å². The molecule has 0 saturated carbocycles. The van der Waals surface area contributed by atoms with Crippen LogP contribution in [0.4, 0.5) is 5.69 Å². The van der Waals surface area contributed by atoms with Crippen molar-refractivity contribution in [3.05, 3.63) is 22.2 Å². The Kier molecular flexibility index (Phi) is 13.9. The molecule has 3 heterocycles. The van der Waals surface area contributed by atoms with Gasteiger partial charge in [-0.05, 0) is 77.1 Å². The van der Waals surface area contributed by atoms with Gasteiger partial charge in [-0.25, -0.2) is 0 Å². The summed E-state index contributed by atoms with van der Waals surface area (Å²) in [5.41, 5.74) is 7.89. The molecule has 1 aromatic carbocycles. The number of benzene rings is 1. The number of amides is 2. The van der Waals surface area contributed by atoms with E-state index in [9.17, 15) is 14.4 Å². The van der Waals surface area contributed by atoms with E-state index >= 15 is 0 Å². The summed E-state index contributed by atoms with van der Waals surface area (Å²) in [4.78, 5) is 41.1. The Morgan fingerprint density at radius 3 is 2.34 bits per heavy atom. The fourth-order valence-corrected chi connectivity index (χ4v) is 6.94. The van der Waals surface area contributed by atoms with Crippen LogP contribution in [0, 0.1) is 0 Å². The summed E-state index contributed by atoms with van der Waals surface area (Å²) >= 11 is 6.27. The Labute approximate surface area is 267 Å². The van der Waals surface area contributed by atoms with Crippen LogP contribution in [0.25, 0.3) is 0 Å². The van der Waals surface area contributed by atoms with Crippen LogP contribution < -0.4 is 21.1 Å². The molecule has 44 heavy (non-hydrogen) atoms. The minimum absolute atomic E-state index is 0.127. The lowest BCUT2D eigenvalue weighted by Gasteiger charge is -2.33. The topological polar surface area (TPSA) is 137 Å². The number of rotatable bonds is 17. The first kappa shape index (κ1) is 34.3. The number of ether oxygens (including phenoxy) is 1. The number of fused-ring (bicyclic) bond motifs is 1. The number of anilines is 1. The summed E-state index contributed by atoms with van der Waals surface area (Å²) in [6.45, 7) is 6.53. The van der Waals surface area contributed by atoms with Crippen molar-refractivity contribution < 1.29 is 24.2 Å². The van der Waals surface area contributed by atoms with E-state index in [4.69, 9.17) is 27.2 Å². The fourth-order valence-electron chi connectivity index (χ4n) is 6.72. The summed E-state index contributed by atoms with van der Waals surface area (Å²) in [6, 6.07) is 2.00. The van der Waals surface area contributed by atoms with E-state index in [2.05, 4.69) is 20.4 Å². The van der Waals surface area contributed by atoms with Crippen LogP contribution in [0.1, 0.15) is 106 Å². The zero-order valence-corrected chi connectivity index (χ0v) is 27.0. The quantitative estimate of drug-likeness (QED) is 0.144. The molecule has 1 unspecified atom stereocenters. The lowest BCUT2D eigenvalue weighted by Crippen LogP contribution is -2.47. The number of carboxylic acid groups (broad SMARTS) is 1. The van der Waals surface area contributed by atoms with E-state index in [1.165, 1.54) is 0 Å². The molecular weight excluding hydrogens is 582 g/mol. The maximum Gasteiger partial charge on any atom is 0.303 e. The number of nitrogens with one attached hydrogen (secondary N) is 2. The first-order valence-electron chi connectivity index (χ1n) is 16.8. The number of carboxylic acids is 1. The number of nitrogens with zero attached hydrogens (tertiary/aromatic N) is 2. The third-order valence-electron chi connectivity index (χ3n) is 9.25. The third-order valence-corrected chi connectivity index (χ3v) is 9.56. The van der Waals surface area contributed by atoms with Gasteiger partial charge in [0, 0.05) is 56.5 Å². The number of hydrogen-bond acceptors (Lipinski definition) is 7. The first-order chi connectivity index (χ1) is 21.3. The van der Waals surface area contributed by atoms with Crippen molar-refractivity contribution >= 4 is 35.1 Å². The van der Waals surface area contributed by atoms with Crippen molar-refractivity contribution in [1.29, 1.82) is 0 Å². The largest absolute Gasteiger partial charge is 0.492 e. The molecule has 246 valence electrons. The number of hydrogen-bond donors (Lipinski definition) is 4. The molecule has 1 atom stereocenters. The SMILES string of the molecule is Nc1c(Cl)cc(C(=O)NC2CCN(CCCCCC(=O)NC3CCCN(CCCCCCCC(=O)O)C3)CC2)c2c1CCO2. The van der Waals surface area contributed by atoms with Crippen LogP contribution in [-0.4, -0.2) is 90.6 Å². The summed E-state index contributed by atoms with van der Waals surface area (Å²) in [7, 11) is 0. The normalized spacial score (nSPS) is 19.3. The summed E-state index contributed by atoms with van der Waals surface area (Å²) in [6.07, 6.45) is 13.7. The number of carbonyl (C=O) groups is 3. The average Bonchev–Trinajstić information content (AvgIpc) is 3.49. The number of nitrogens with two attached hydrogens (primary N) is 1. The van der Waals surface area contributed by atoms with Crippen LogP contribution in [0.2, 0.25) is 5.02 Å². The first-order valence-corrected chi connectivity index (χ1v) is 17.2. The van der Waals surface area contributed by atoms with Crippen molar-refractivity contribution in [3.63, 3.8) is 0 Å². The van der Waals surface area contributed by atoms with Crippen molar-refractivity contribution in [2.24, 2.45) is 0 Å². The number of carbonyl (C=O) groups excluding carboxylic acids is 2. The second kappa shape index (κ2) is 17.8. The van der Waals surface area contributed by atoms with Gasteiger partial charge in [-0.2, -0.15) is 0 Å². The lowest BCUT2D eigenvalue weighted by molar-refractivity contribution is -0.137. The molecule has 2 saturated heterocycles. The molecule has 10 nitrogen and oxygen atoms in total. The van der Waals surface area contributed by atoms with E-state index in [0.717, 1.165) is 122 Å². The Morgan fingerprint density at radius 1 is 0.886 bits per heavy atom. The van der Waals surface area contributed by atoms with Gasteiger partial charge in [0.25, 0.3) is 5.91 Å². The molecule has 11 heteroatoms. The average molecular weight is 634 g/mol. The Bertz CT molecular complexity index is 1110. The minimum atomic E-state index is -0.704. The molecule has 0 spiro atoms. The number of unbranched alkanes of at least 4 members (excludes halogenated alkanes) is 6. The van der Waals surface area contributed by atoms with Crippen LogP contribution in [0.15, 0.2) is 6.07 Å². The standard InChI is InChI=1S/C33H52ClN5O5/c34-28-22-27(32-26(31(28)35)15-21-44-32)33(43)37-24-13-19-38(20-14-24)16-8-4-5-11-29(40)36-25-10-9-18-39(23-25)17-7-3-1-2-6-12-30(41)42/h22,24-25H,1-21,23,35H2,(H,36,40)(H,37,43)(H,41,42). The summed E-state index contributed by atoms with van der Waals surface area (Å²) in [5, 5.41) is 15.6. The van der Waals surface area contributed by atoms with Gasteiger partial charge < -0.3 is 36.0 Å². The maximum absolute atomic E-state index is 13.0. The molecule has 5 N–H and O–H groups in total. The van der Waals surface area contributed by atoms with Gasteiger partial charge in [-0.1, -0.05) is 37.3 Å². The highest BCUT2D eigenvalue weighted by Gasteiger charge is 2.28. The van der Waals surface area contributed by atoms with E-state index in [1.807, 2.05) is 0 Å². The number of likely N-dealkylation sites (tertiary alicyclic amines) is 2. The van der Waals surface area contributed by atoms with Crippen molar-refractivity contribution in [2.45, 2.75) is 108 Å². The fraction of sp³-hybridized carbons (Fsp3) is 0.727. The van der Waals surface area contributed by atoms with E-state index < -0.39 is 5.97 Å². The van der Waals surface area contributed by atoms with Gasteiger partial charge in [-0.15, -0.1) is 0 Å². The molecule has 0 aliphatic carbocycles. The van der Waals surface area contributed by atoms with Gasteiger partial charge in [0.1, 0.15) is 5.75 Å². The predicted octanol–water partition coefficient (Wildman–Crippen LogP) is 4.62. The highest BCUT2D eigenvalue weighted by atomic mass is 35.5. The second-order valence-corrected chi connectivity index (χ2v) is 13.2. The highest BCUT2D eigenvalue weighted by molar-refractivity contribution is 6.33. The molecule has 1 aromatic rings. The second-order valence-electron chi connectivity index (χ2n) is 12.7. The van der Waals surface area contributed by atoms with Crippen molar-refractivity contribution in [2.75, 3.05) is 51.6 Å². The third kappa shape index (κ3) is 10.8. The zero-order chi connectivity index (χ0) is 31.3. The molecule has 3 aliphatic rings. The van der Waals surface area contributed by atoms with E-state index in [1.54, 1.807) is 6.07 Å². The van der Waals surface area contributed by atoms with Crippen molar-refractivity contribution in [1.82, 2.24) is 20.4 Å². The number of halogens is 1. The number of aliphatic carboxylic acids is 1. The Hall–Kier alpha value is -2.56. The summed E-state index contributed by atoms with van der Waals surface area (Å²) in [5.74, 6) is -0.107. The van der Waals surface area contributed by atoms with Gasteiger partial charge >= 0.3 is 5.97 Å². The molecular formula is C33H52ClN5O5. The predicted molar refractivity (Wildman–Crippen MR) is 173 cm³/mol. The molecule has 0 bridgehead atoms. The van der Waals surface area contributed by atoms with E-state index in [0.29, 0.717) is 41.5 Å². The van der Waals surface area contributed by atoms with E-state index in [-0.39, 0.29) is 30.3 Å². The maximum atomic E-state index is 13.0. The number of piperidine rings is 2. The minimum Gasteiger partial charge on any atom is -0.492 e. The summed E-state index contributed by atoms with van der Waals surface area (Å²) < 4.78 is 5.70. The van der Waals surface area contributed by atoms with Crippen LogP contribution in [0.3, 0.4) is 0 Å². The molecule has 0 aromatic heterocycles. The highest BCUT2D eigenvalue weighted by Crippen LogP contribution is 2.38. The molecule has 2 amide bonds. The molecule has 2 fully saturated rings. The zero-order valence-electron chi connectivity index (χ0n) is 26.2. The number of nitrogen functional groups attached to an aromatic ring is 1. The van der Waals surface area contributed by atoms with Gasteiger partial charge in [0.05, 0.1) is 22.9 Å².